The summed E-state index contributed by atoms with van der Waals surface area (Å²) >= 11 is 0. The number of rotatable bonds is 4. The highest BCUT2D eigenvalue weighted by molar-refractivity contribution is 5.81. The van der Waals surface area contributed by atoms with Gasteiger partial charge in [-0.25, -0.2) is 0 Å². The minimum Gasteiger partial charge on any atom is -0.301 e. The molecule has 0 radical (unpaired) electrons. The zero-order chi connectivity index (χ0) is 15.5. The first-order valence-corrected chi connectivity index (χ1v) is 9.16. The molecule has 1 aliphatic heterocycles. The minimum atomic E-state index is 0.977. The van der Waals surface area contributed by atoms with Gasteiger partial charge in [-0.3, -0.25) is 9.88 Å². The molecule has 1 aromatic heterocycles. The van der Waals surface area contributed by atoms with Crippen molar-refractivity contribution in [2.75, 3.05) is 32.7 Å². The predicted molar refractivity (Wildman–Crippen MR) is 95.4 cm³/mol. The fourth-order valence-electron chi connectivity index (χ4n) is 4.23. The fraction of sp³-hybridized carbons (Fsp3) is 0.550. The standard InChI is InChI=1S/C20H27N3/c1-2-6-17(5-1)15-22-11-13-23(14-12-22)16-18-7-3-9-20-19(18)8-4-10-21-20/h3-4,7-10,17H,1-2,5-6,11-16H2. The van der Waals surface area contributed by atoms with Crippen LogP contribution in [0.5, 0.6) is 0 Å². The number of pyridine rings is 1. The van der Waals surface area contributed by atoms with E-state index < -0.39 is 0 Å². The number of benzene rings is 1. The van der Waals surface area contributed by atoms with Crippen LogP contribution >= 0.6 is 0 Å². The molecule has 1 saturated carbocycles. The van der Waals surface area contributed by atoms with Crippen molar-refractivity contribution >= 4 is 10.9 Å². The monoisotopic (exact) mass is 309 g/mol. The summed E-state index contributed by atoms with van der Waals surface area (Å²) in [5.41, 5.74) is 2.53. The number of aromatic nitrogens is 1. The smallest absolute Gasteiger partial charge is 0.0705 e. The molecule has 1 aromatic carbocycles. The molecule has 0 unspecified atom stereocenters. The second kappa shape index (κ2) is 6.98. The molecule has 0 N–H and O–H groups in total. The van der Waals surface area contributed by atoms with Gasteiger partial charge in [-0.2, -0.15) is 0 Å². The maximum atomic E-state index is 4.48. The second-order valence-corrected chi connectivity index (χ2v) is 7.21. The van der Waals surface area contributed by atoms with Gasteiger partial charge in [-0.05, 0) is 36.5 Å². The molecule has 0 bridgehead atoms. The van der Waals surface area contributed by atoms with Crippen LogP contribution in [0.3, 0.4) is 0 Å². The average Bonchev–Trinajstić information content (AvgIpc) is 3.10. The first-order valence-electron chi connectivity index (χ1n) is 9.16. The maximum absolute atomic E-state index is 4.48. The Bertz CT molecular complexity index is 635. The van der Waals surface area contributed by atoms with Crippen LogP contribution in [0.25, 0.3) is 10.9 Å². The average molecular weight is 309 g/mol. The lowest BCUT2D eigenvalue weighted by Crippen LogP contribution is -2.47. The molecule has 2 aliphatic rings. The van der Waals surface area contributed by atoms with Crippen LogP contribution in [0.1, 0.15) is 31.2 Å². The number of fused-ring (bicyclic) bond motifs is 1. The molecular formula is C20H27N3. The largest absolute Gasteiger partial charge is 0.301 e. The summed E-state index contributed by atoms with van der Waals surface area (Å²) in [7, 11) is 0. The van der Waals surface area contributed by atoms with E-state index in [1.807, 2.05) is 12.3 Å². The number of nitrogens with zero attached hydrogens (tertiary/aromatic N) is 3. The van der Waals surface area contributed by atoms with Gasteiger partial charge in [0.1, 0.15) is 0 Å². The lowest BCUT2D eigenvalue weighted by Gasteiger charge is -2.36. The quantitative estimate of drug-likeness (QED) is 0.861. The molecule has 2 fully saturated rings. The maximum Gasteiger partial charge on any atom is 0.0705 e. The number of hydrogen-bond acceptors (Lipinski definition) is 3. The predicted octanol–water partition coefficient (Wildman–Crippen LogP) is 3.54. The Morgan fingerprint density at radius 2 is 1.70 bits per heavy atom. The molecule has 0 spiro atoms. The Labute approximate surface area is 139 Å². The van der Waals surface area contributed by atoms with E-state index in [-0.39, 0.29) is 0 Å². The van der Waals surface area contributed by atoms with Gasteiger partial charge < -0.3 is 4.90 Å². The van der Waals surface area contributed by atoms with Crippen molar-refractivity contribution in [2.45, 2.75) is 32.2 Å². The van der Waals surface area contributed by atoms with Crippen molar-refractivity contribution in [3.8, 4) is 0 Å². The highest BCUT2D eigenvalue weighted by Gasteiger charge is 2.22. The summed E-state index contributed by atoms with van der Waals surface area (Å²) in [5.74, 6) is 0.977. The Hall–Kier alpha value is -1.45. The zero-order valence-electron chi connectivity index (χ0n) is 14.0. The molecular weight excluding hydrogens is 282 g/mol. The first-order chi connectivity index (χ1) is 11.4. The van der Waals surface area contributed by atoms with E-state index in [0.29, 0.717) is 0 Å². The normalized spacial score (nSPS) is 21.2. The molecule has 0 amide bonds. The van der Waals surface area contributed by atoms with Crippen LogP contribution in [0.15, 0.2) is 36.5 Å². The van der Waals surface area contributed by atoms with Gasteiger partial charge in [0.15, 0.2) is 0 Å². The van der Waals surface area contributed by atoms with Gasteiger partial charge in [0.2, 0.25) is 0 Å². The zero-order valence-corrected chi connectivity index (χ0v) is 14.0. The summed E-state index contributed by atoms with van der Waals surface area (Å²) in [4.78, 5) is 9.77. The van der Waals surface area contributed by atoms with E-state index in [9.17, 15) is 0 Å². The Kier molecular flexibility index (Phi) is 4.58. The van der Waals surface area contributed by atoms with Crippen LogP contribution in [-0.2, 0) is 6.54 Å². The van der Waals surface area contributed by atoms with Crippen molar-refractivity contribution in [1.82, 2.24) is 14.8 Å². The number of piperazine rings is 1. The Balaban J connectivity index is 1.35. The van der Waals surface area contributed by atoms with Crippen LogP contribution in [0, 0.1) is 5.92 Å². The van der Waals surface area contributed by atoms with Crippen LogP contribution in [0.2, 0.25) is 0 Å². The highest BCUT2D eigenvalue weighted by atomic mass is 15.3. The minimum absolute atomic E-state index is 0.977. The molecule has 1 saturated heterocycles. The molecule has 1 aliphatic carbocycles. The van der Waals surface area contributed by atoms with Gasteiger partial charge in [0.25, 0.3) is 0 Å². The second-order valence-electron chi connectivity index (χ2n) is 7.21. The topological polar surface area (TPSA) is 19.4 Å². The third-order valence-corrected chi connectivity index (χ3v) is 5.59. The van der Waals surface area contributed by atoms with E-state index in [0.717, 1.165) is 18.0 Å². The van der Waals surface area contributed by atoms with E-state index in [1.165, 1.54) is 69.4 Å². The molecule has 0 atom stereocenters. The third-order valence-electron chi connectivity index (χ3n) is 5.59. The van der Waals surface area contributed by atoms with E-state index >= 15 is 0 Å². The van der Waals surface area contributed by atoms with Crippen LogP contribution in [0.4, 0.5) is 0 Å². The summed E-state index contributed by atoms with van der Waals surface area (Å²) in [6.45, 7) is 7.26. The number of hydrogen-bond donors (Lipinski definition) is 0. The van der Waals surface area contributed by atoms with Crippen LogP contribution < -0.4 is 0 Å². The molecule has 122 valence electrons. The summed E-state index contributed by atoms with van der Waals surface area (Å²) < 4.78 is 0. The van der Waals surface area contributed by atoms with Gasteiger partial charge in [0, 0.05) is 50.9 Å². The summed E-state index contributed by atoms with van der Waals surface area (Å²) in [6, 6.07) is 10.8. The third kappa shape index (κ3) is 3.56. The lowest BCUT2D eigenvalue weighted by molar-refractivity contribution is 0.114. The Morgan fingerprint density at radius 1 is 0.913 bits per heavy atom. The molecule has 2 heterocycles. The highest BCUT2D eigenvalue weighted by Crippen LogP contribution is 2.26. The van der Waals surface area contributed by atoms with E-state index in [1.54, 1.807) is 0 Å². The van der Waals surface area contributed by atoms with Gasteiger partial charge in [-0.1, -0.05) is 31.0 Å². The molecule has 3 heteroatoms. The summed E-state index contributed by atoms with van der Waals surface area (Å²) in [6.07, 6.45) is 7.72. The van der Waals surface area contributed by atoms with Crippen molar-refractivity contribution in [3.05, 3.63) is 42.1 Å². The van der Waals surface area contributed by atoms with Gasteiger partial charge in [-0.15, -0.1) is 0 Å². The van der Waals surface area contributed by atoms with Gasteiger partial charge in [0.05, 0.1) is 5.52 Å². The van der Waals surface area contributed by atoms with Crippen molar-refractivity contribution in [2.24, 2.45) is 5.92 Å². The van der Waals surface area contributed by atoms with E-state index in [4.69, 9.17) is 0 Å². The molecule has 4 rings (SSSR count). The van der Waals surface area contributed by atoms with Crippen molar-refractivity contribution in [3.63, 3.8) is 0 Å². The SMILES string of the molecule is c1cc(CN2CCN(CC3CCCC3)CC2)c2cccnc2c1. The van der Waals surface area contributed by atoms with Crippen molar-refractivity contribution in [1.29, 1.82) is 0 Å². The summed E-state index contributed by atoms with van der Waals surface area (Å²) in [5, 5.41) is 1.31. The molecule has 23 heavy (non-hydrogen) atoms. The Morgan fingerprint density at radius 3 is 2.52 bits per heavy atom. The lowest BCUT2D eigenvalue weighted by atomic mass is 10.1. The molecule has 3 nitrogen and oxygen atoms in total. The van der Waals surface area contributed by atoms with Crippen molar-refractivity contribution < 1.29 is 0 Å². The van der Waals surface area contributed by atoms with E-state index in [2.05, 4.69) is 39.0 Å². The first kappa shape index (κ1) is 15.1. The van der Waals surface area contributed by atoms with Gasteiger partial charge >= 0.3 is 0 Å². The fourth-order valence-corrected chi connectivity index (χ4v) is 4.23. The molecule has 2 aromatic rings. The van der Waals surface area contributed by atoms with Crippen LogP contribution in [-0.4, -0.2) is 47.5 Å².